The van der Waals surface area contributed by atoms with Crippen LogP contribution in [0.4, 0.5) is 4.39 Å². The predicted octanol–water partition coefficient (Wildman–Crippen LogP) is 2.70. The normalized spacial score (nSPS) is 10.5. The molecule has 0 amide bonds. The molecule has 0 spiro atoms. The van der Waals surface area contributed by atoms with Gasteiger partial charge in [0.2, 0.25) is 0 Å². The number of nitrogens with zero attached hydrogens (tertiary/aromatic N) is 2. The number of carbonyl (C=O) groups is 1. The molecule has 0 atom stereocenters. The smallest absolute Gasteiger partial charge is 0.356 e. The number of benzene rings is 1. The van der Waals surface area contributed by atoms with Gasteiger partial charge in [0.25, 0.3) is 0 Å². The fourth-order valence-corrected chi connectivity index (χ4v) is 2.14. The summed E-state index contributed by atoms with van der Waals surface area (Å²) in [5.74, 6) is -1.55. The fraction of sp³-hybridized carbons (Fsp3) is 0.167. The molecule has 0 aliphatic rings. The van der Waals surface area contributed by atoms with Crippen LogP contribution < -0.4 is 4.74 Å². The second-order valence-corrected chi connectivity index (χ2v) is 4.67. The summed E-state index contributed by atoms with van der Waals surface area (Å²) in [7, 11) is 2.98. The minimum Gasteiger partial charge on any atom is -0.494 e. The number of rotatable bonds is 3. The largest absolute Gasteiger partial charge is 0.494 e. The van der Waals surface area contributed by atoms with E-state index in [1.807, 2.05) is 0 Å². The Morgan fingerprint density at radius 2 is 2.16 bits per heavy atom. The van der Waals surface area contributed by atoms with Crippen molar-refractivity contribution in [2.45, 2.75) is 0 Å². The van der Waals surface area contributed by atoms with Gasteiger partial charge in [-0.05, 0) is 34.1 Å². The van der Waals surface area contributed by atoms with Crippen molar-refractivity contribution in [3.05, 3.63) is 34.2 Å². The van der Waals surface area contributed by atoms with Crippen LogP contribution in [0.1, 0.15) is 10.5 Å². The van der Waals surface area contributed by atoms with E-state index in [1.165, 1.54) is 23.9 Å². The molecule has 0 unspecified atom stereocenters. The van der Waals surface area contributed by atoms with E-state index in [4.69, 9.17) is 9.84 Å². The summed E-state index contributed by atoms with van der Waals surface area (Å²) in [6, 6.07) is 4.45. The first-order valence-corrected chi connectivity index (χ1v) is 6.04. The molecule has 0 aliphatic carbocycles. The molecule has 0 radical (unpaired) electrons. The topological polar surface area (TPSA) is 64.3 Å². The molecule has 19 heavy (non-hydrogen) atoms. The van der Waals surface area contributed by atoms with Crippen LogP contribution in [0.2, 0.25) is 0 Å². The first-order valence-electron chi connectivity index (χ1n) is 5.24. The quantitative estimate of drug-likeness (QED) is 0.940. The molecule has 2 rings (SSSR count). The van der Waals surface area contributed by atoms with Gasteiger partial charge < -0.3 is 9.84 Å². The van der Waals surface area contributed by atoms with Gasteiger partial charge in [0.15, 0.2) is 17.3 Å². The molecule has 1 aromatic carbocycles. The molecule has 0 saturated carbocycles. The minimum absolute atomic E-state index is 0.0717. The molecule has 7 heteroatoms. The van der Waals surface area contributed by atoms with Crippen molar-refractivity contribution < 1.29 is 19.0 Å². The van der Waals surface area contributed by atoms with Gasteiger partial charge in [-0.15, -0.1) is 0 Å². The van der Waals surface area contributed by atoms with Crippen molar-refractivity contribution >= 4 is 21.9 Å². The molecule has 1 heterocycles. The molecular formula is C12H10BrFN2O3. The van der Waals surface area contributed by atoms with E-state index in [0.29, 0.717) is 11.3 Å². The molecular weight excluding hydrogens is 319 g/mol. The summed E-state index contributed by atoms with van der Waals surface area (Å²) in [4.78, 5) is 10.9. The van der Waals surface area contributed by atoms with Gasteiger partial charge in [0.1, 0.15) is 0 Å². The predicted molar refractivity (Wildman–Crippen MR) is 69.8 cm³/mol. The Morgan fingerprint density at radius 3 is 2.68 bits per heavy atom. The zero-order valence-electron chi connectivity index (χ0n) is 10.1. The number of aryl methyl sites for hydroxylation is 1. The highest BCUT2D eigenvalue weighted by Crippen LogP contribution is 2.32. The van der Waals surface area contributed by atoms with Gasteiger partial charge >= 0.3 is 5.97 Å². The third-order valence-electron chi connectivity index (χ3n) is 2.61. The highest BCUT2D eigenvalue weighted by atomic mass is 79.9. The van der Waals surface area contributed by atoms with Crippen molar-refractivity contribution in [2.24, 2.45) is 7.05 Å². The van der Waals surface area contributed by atoms with Gasteiger partial charge in [-0.2, -0.15) is 5.10 Å². The van der Waals surface area contributed by atoms with Crippen LogP contribution in [0.15, 0.2) is 22.7 Å². The highest BCUT2D eigenvalue weighted by molar-refractivity contribution is 9.10. The Morgan fingerprint density at radius 1 is 1.47 bits per heavy atom. The Balaban J connectivity index is 2.59. The number of aromatic nitrogens is 2. The lowest BCUT2D eigenvalue weighted by Gasteiger charge is -2.08. The van der Waals surface area contributed by atoms with Crippen molar-refractivity contribution in [3.8, 4) is 17.0 Å². The number of carboxylic acid groups (broad SMARTS) is 1. The summed E-state index contributed by atoms with van der Waals surface area (Å²) in [5.41, 5.74) is 1.08. The number of hydrogen-bond donors (Lipinski definition) is 1. The van der Waals surface area contributed by atoms with Crippen molar-refractivity contribution in [1.82, 2.24) is 9.78 Å². The first-order chi connectivity index (χ1) is 8.93. The van der Waals surface area contributed by atoms with E-state index in [1.54, 1.807) is 13.1 Å². The third kappa shape index (κ3) is 2.46. The van der Waals surface area contributed by atoms with Gasteiger partial charge in [-0.25, -0.2) is 9.18 Å². The Kier molecular flexibility index (Phi) is 3.57. The molecule has 2 aromatic rings. The fourth-order valence-electron chi connectivity index (χ4n) is 1.70. The van der Waals surface area contributed by atoms with Gasteiger partial charge in [0.05, 0.1) is 17.3 Å². The van der Waals surface area contributed by atoms with Crippen molar-refractivity contribution in [1.29, 1.82) is 0 Å². The lowest BCUT2D eigenvalue weighted by Crippen LogP contribution is -1.99. The zero-order valence-corrected chi connectivity index (χ0v) is 11.7. The molecule has 0 fully saturated rings. The summed E-state index contributed by atoms with van der Waals surface area (Å²) < 4.78 is 20.2. The standard InChI is InChI=1S/C12H10BrFN2O3/c1-16-9(5-8(15-16)12(17)18)6-3-7(13)11(14)10(4-6)19-2/h3-5H,1-2H3,(H,17,18). The van der Waals surface area contributed by atoms with Crippen LogP contribution in [0.3, 0.4) is 0 Å². The van der Waals surface area contributed by atoms with Gasteiger partial charge in [-0.1, -0.05) is 0 Å². The monoisotopic (exact) mass is 328 g/mol. The molecule has 100 valence electrons. The van der Waals surface area contributed by atoms with Gasteiger partial charge in [0, 0.05) is 12.6 Å². The van der Waals surface area contributed by atoms with E-state index in [2.05, 4.69) is 21.0 Å². The summed E-state index contributed by atoms with van der Waals surface area (Å²) in [5, 5.41) is 12.8. The zero-order chi connectivity index (χ0) is 14.2. The lowest BCUT2D eigenvalue weighted by atomic mass is 10.1. The second-order valence-electron chi connectivity index (χ2n) is 3.82. The van der Waals surface area contributed by atoms with Crippen molar-refractivity contribution in [2.75, 3.05) is 7.11 Å². The van der Waals surface area contributed by atoms with Crippen LogP contribution in [0.5, 0.6) is 5.75 Å². The summed E-state index contributed by atoms with van der Waals surface area (Å²) >= 11 is 3.09. The minimum atomic E-state index is -1.12. The van der Waals surface area contributed by atoms with Crippen LogP contribution in [0.25, 0.3) is 11.3 Å². The van der Waals surface area contributed by atoms with Crippen LogP contribution in [0, 0.1) is 5.82 Å². The molecule has 5 nitrogen and oxygen atoms in total. The average molecular weight is 329 g/mol. The molecule has 1 aromatic heterocycles. The van der Waals surface area contributed by atoms with E-state index in [-0.39, 0.29) is 15.9 Å². The maximum Gasteiger partial charge on any atom is 0.356 e. The number of methoxy groups -OCH3 is 1. The van der Waals surface area contributed by atoms with Crippen LogP contribution in [-0.2, 0) is 7.05 Å². The Hall–Kier alpha value is -1.89. The number of aromatic carboxylic acids is 1. The van der Waals surface area contributed by atoms with Crippen LogP contribution in [-0.4, -0.2) is 28.0 Å². The van der Waals surface area contributed by atoms with E-state index >= 15 is 0 Å². The van der Waals surface area contributed by atoms with E-state index < -0.39 is 11.8 Å². The Bertz CT molecular complexity index is 655. The lowest BCUT2D eigenvalue weighted by molar-refractivity contribution is 0.0689. The number of carboxylic acids is 1. The molecule has 0 bridgehead atoms. The average Bonchev–Trinajstić information content (AvgIpc) is 2.75. The molecule has 0 aliphatic heterocycles. The van der Waals surface area contributed by atoms with Gasteiger partial charge in [-0.3, -0.25) is 4.68 Å². The summed E-state index contributed by atoms with van der Waals surface area (Å²) in [6.45, 7) is 0. The number of hydrogen-bond acceptors (Lipinski definition) is 3. The van der Waals surface area contributed by atoms with E-state index in [0.717, 1.165) is 0 Å². The molecule has 0 saturated heterocycles. The SMILES string of the molecule is COc1cc(-c2cc(C(=O)O)nn2C)cc(Br)c1F. The van der Waals surface area contributed by atoms with E-state index in [9.17, 15) is 9.18 Å². The maximum atomic E-state index is 13.6. The third-order valence-corrected chi connectivity index (χ3v) is 3.19. The summed E-state index contributed by atoms with van der Waals surface area (Å²) in [6.07, 6.45) is 0. The number of ether oxygens (including phenoxy) is 1. The van der Waals surface area contributed by atoms with Crippen molar-refractivity contribution in [3.63, 3.8) is 0 Å². The highest BCUT2D eigenvalue weighted by Gasteiger charge is 2.16. The second kappa shape index (κ2) is 5.00. The molecule has 1 N–H and O–H groups in total. The first kappa shape index (κ1) is 13.5. The number of halogens is 2. The Labute approximate surface area is 116 Å². The van der Waals surface area contributed by atoms with Crippen LogP contribution >= 0.6 is 15.9 Å². The maximum absolute atomic E-state index is 13.6.